The Bertz CT molecular complexity index is 675. The number of hydrogen-bond donors (Lipinski definition) is 1. The van der Waals surface area contributed by atoms with Crippen molar-refractivity contribution in [3.63, 3.8) is 0 Å². The number of hydrogen-bond acceptors (Lipinski definition) is 6. The Hall–Kier alpha value is -1.96. The summed E-state index contributed by atoms with van der Waals surface area (Å²) >= 11 is 1.15. The number of carbonyl (C=O) groups excluding carboxylic acids is 3. The van der Waals surface area contributed by atoms with Crippen molar-refractivity contribution in [2.75, 3.05) is 11.9 Å². The molecule has 7 nitrogen and oxygen atoms in total. The van der Waals surface area contributed by atoms with Gasteiger partial charge in [0.15, 0.2) is 17.4 Å². The minimum absolute atomic E-state index is 0.0931. The highest BCUT2D eigenvalue weighted by Gasteiger charge is 2.33. The highest BCUT2D eigenvalue weighted by atomic mass is 32.1. The lowest BCUT2D eigenvalue weighted by Crippen LogP contribution is -2.50. The van der Waals surface area contributed by atoms with E-state index in [9.17, 15) is 14.4 Å². The molecule has 1 aromatic rings. The molecule has 2 amide bonds. The van der Waals surface area contributed by atoms with E-state index in [0.29, 0.717) is 5.13 Å². The standard InChI is InChI=1S/C20H29N3O4S/c1-14(24)21-20-22-17(13-28-20)19(26)27-12-18(25)23(15-8-4-2-5-9-15)16-10-6-3-7-11-16/h13,15-16H,2-12H2,1H3,(H,21,22,24). The van der Waals surface area contributed by atoms with Gasteiger partial charge in [0.25, 0.3) is 5.91 Å². The van der Waals surface area contributed by atoms with Gasteiger partial charge in [-0.25, -0.2) is 9.78 Å². The van der Waals surface area contributed by atoms with Gasteiger partial charge in [-0.2, -0.15) is 0 Å². The van der Waals surface area contributed by atoms with Crippen LogP contribution in [-0.2, 0) is 14.3 Å². The highest BCUT2D eigenvalue weighted by Crippen LogP contribution is 2.30. The molecule has 2 saturated carbocycles. The molecule has 2 fully saturated rings. The summed E-state index contributed by atoms with van der Waals surface area (Å²) in [6.45, 7) is 1.13. The summed E-state index contributed by atoms with van der Waals surface area (Å²) < 4.78 is 5.27. The number of anilines is 1. The molecule has 28 heavy (non-hydrogen) atoms. The fourth-order valence-corrected chi connectivity index (χ4v) is 5.00. The second-order valence-electron chi connectivity index (χ2n) is 7.68. The fourth-order valence-electron chi connectivity index (χ4n) is 4.28. The molecule has 0 aromatic carbocycles. The minimum atomic E-state index is -0.631. The van der Waals surface area contributed by atoms with Crippen molar-refractivity contribution >= 4 is 34.3 Å². The molecule has 2 aliphatic rings. The van der Waals surface area contributed by atoms with E-state index in [-0.39, 0.29) is 36.2 Å². The number of rotatable bonds is 6. The van der Waals surface area contributed by atoms with E-state index in [0.717, 1.165) is 62.7 Å². The van der Waals surface area contributed by atoms with Gasteiger partial charge >= 0.3 is 5.97 Å². The molecule has 0 saturated heterocycles. The molecule has 3 rings (SSSR count). The van der Waals surface area contributed by atoms with E-state index in [1.54, 1.807) is 0 Å². The summed E-state index contributed by atoms with van der Waals surface area (Å²) in [6.07, 6.45) is 11.3. The molecule has 0 bridgehead atoms. The topological polar surface area (TPSA) is 88.6 Å². The first-order valence-electron chi connectivity index (χ1n) is 10.3. The summed E-state index contributed by atoms with van der Waals surface area (Å²) in [5.74, 6) is -0.974. The van der Waals surface area contributed by atoms with Crippen molar-refractivity contribution in [1.82, 2.24) is 9.88 Å². The zero-order valence-corrected chi connectivity index (χ0v) is 17.3. The zero-order valence-electron chi connectivity index (χ0n) is 16.4. The third-order valence-electron chi connectivity index (χ3n) is 5.55. The van der Waals surface area contributed by atoms with Crippen LogP contribution in [0.2, 0.25) is 0 Å². The highest BCUT2D eigenvalue weighted by molar-refractivity contribution is 7.14. The Morgan fingerprint density at radius 2 is 1.64 bits per heavy atom. The quantitative estimate of drug-likeness (QED) is 0.726. The van der Waals surface area contributed by atoms with Gasteiger partial charge in [-0.05, 0) is 25.7 Å². The van der Waals surface area contributed by atoms with E-state index < -0.39 is 5.97 Å². The Morgan fingerprint density at radius 3 is 2.18 bits per heavy atom. The summed E-state index contributed by atoms with van der Waals surface area (Å²) in [5, 5.41) is 4.40. The van der Waals surface area contributed by atoms with Crippen LogP contribution in [0.3, 0.4) is 0 Å². The van der Waals surface area contributed by atoms with Crippen molar-refractivity contribution in [1.29, 1.82) is 0 Å². The van der Waals surface area contributed by atoms with Crippen molar-refractivity contribution in [2.45, 2.75) is 83.2 Å². The molecule has 0 atom stereocenters. The summed E-state index contributed by atoms with van der Waals surface area (Å²) in [5.41, 5.74) is 0.114. The lowest BCUT2D eigenvalue weighted by atomic mass is 9.88. The predicted molar refractivity (Wildman–Crippen MR) is 107 cm³/mol. The van der Waals surface area contributed by atoms with Gasteiger partial charge in [-0.15, -0.1) is 11.3 Å². The van der Waals surface area contributed by atoms with Crippen molar-refractivity contribution in [3.8, 4) is 0 Å². The minimum Gasteiger partial charge on any atom is -0.451 e. The third kappa shape index (κ3) is 5.53. The van der Waals surface area contributed by atoms with Crippen LogP contribution in [0.1, 0.15) is 81.6 Å². The first kappa shape index (κ1) is 20.8. The van der Waals surface area contributed by atoms with Crippen LogP contribution in [0.4, 0.5) is 5.13 Å². The van der Waals surface area contributed by atoms with E-state index in [4.69, 9.17) is 4.74 Å². The van der Waals surface area contributed by atoms with Crippen molar-refractivity contribution in [3.05, 3.63) is 11.1 Å². The molecule has 0 unspecified atom stereocenters. The molecule has 1 N–H and O–H groups in total. The lowest BCUT2D eigenvalue weighted by molar-refractivity contribution is -0.141. The number of esters is 1. The molecular weight excluding hydrogens is 378 g/mol. The second-order valence-corrected chi connectivity index (χ2v) is 8.54. The Balaban J connectivity index is 1.60. The third-order valence-corrected chi connectivity index (χ3v) is 6.30. The summed E-state index contributed by atoms with van der Waals surface area (Å²) in [6, 6.07) is 0.544. The maximum atomic E-state index is 13.0. The van der Waals surface area contributed by atoms with Gasteiger partial charge in [0.05, 0.1) is 0 Å². The average molecular weight is 408 g/mol. The molecule has 0 aliphatic heterocycles. The average Bonchev–Trinajstić information content (AvgIpc) is 3.16. The molecule has 1 aromatic heterocycles. The fraction of sp³-hybridized carbons (Fsp3) is 0.700. The maximum Gasteiger partial charge on any atom is 0.358 e. The number of ether oxygens (including phenoxy) is 1. The van der Waals surface area contributed by atoms with Crippen LogP contribution < -0.4 is 5.32 Å². The number of nitrogens with one attached hydrogen (secondary N) is 1. The molecule has 154 valence electrons. The van der Waals surface area contributed by atoms with Crippen LogP contribution in [-0.4, -0.2) is 46.4 Å². The van der Waals surface area contributed by atoms with Crippen LogP contribution in [0, 0.1) is 0 Å². The van der Waals surface area contributed by atoms with Crippen molar-refractivity contribution in [2.24, 2.45) is 0 Å². The van der Waals surface area contributed by atoms with Gasteiger partial charge in [-0.3, -0.25) is 9.59 Å². The van der Waals surface area contributed by atoms with Crippen LogP contribution in [0.15, 0.2) is 5.38 Å². The number of aromatic nitrogens is 1. The van der Waals surface area contributed by atoms with Gasteiger partial charge in [0.2, 0.25) is 5.91 Å². The number of carbonyl (C=O) groups is 3. The Labute approximate surface area is 169 Å². The van der Waals surface area contributed by atoms with Gasteiger partial charge in [0.1, 0.15) is 0 Å². The Morgan fingerprint density at radius 1 is 1.07 bits per heavy atom. The second kappa shape index (κ2) is 10.0. The molecule has 2 aliphatic carbocycles. The molecule has 0 radical (unpaired) electrons. The predicted octanol–water partition coefficient (Wildman–Crippen LogP) is 3.75. The summed E-state index contributed by atoms with van der Waals surface area (Å²) in [7, 11) is 0. The normalized spacial score (nSPS) is 18.5. The van der Waals surface area contributed by atoms with Crippen LogP contribution >= 0.6 is 11.3 Å². The first-order chi connectivity index (χ1) is 13.5. The lowest BCUT2D eigenvalue weighted by Gasteiger charge is -2.41. The Kier molecular flexibility index (Phi) is 7.42. The molecule has 0 spiro atoms. The number of thiazole rings is 1. The van der Waals surface area contributed by atoms with Crippen molar-refractivity contribution < 1.29 is 19.1 Å². The number of amides is 2. The van der Waals surface area contributed by atoms with E-state index in [1.165, 1.54) is 25.1 Å². The van der Waals surface area contributed by atoms with E-state index in [1.807, 2.05) is 4.90 Å². The largest absolute Gasteiger partial charge is 0.451 e. The number of nitrogens with zero attached hydrogens (tertiary/aromatic N) is 2. The monoisotopic (exact) mass is 407 g/mol. The first-order valence-corrected chi connectivity index (χ1v) is 11.1. The van der Waals surface area contributed by atoms with Gasteiger partial charge in [0, 0.05) is 24.4 Å². The molecule has 8 heteroatoms. The zero-order chi connectivity index (χ0) is 19.9. The van der Waals surface area contributed by atoms with Crippen LogP contribution in [0.5, 0.6) is 0 Å². The van der Waals surface area contributed by atoms with E-state index >= 15 is 0 Å². The SMILES string of the molecule is CC(=O)Nc1nc(C(=O)OCC(=O)N(C2CCCCC2)C2CCCCC2)cs1. The summed E-state index contributed by atoms with van der Waals surface area (Å²) in [4.78, 5) is 42.4. The van der Waals surface area contributed by atoms with Gasteiger partial charge in [-0.1, -0.05) is 38.5 Å². The van der Waals surface area contributed by atoms with Gasteiger partial charge < -0.3 is 15.0 Å². The maximum absolute atomic E-state index is 13.0. The van der Waals surface area contributed by atoms with Crippen LogP contribution in [0.25, 0.3) is 0 Å². The van der Waals surface area contributed by atoms with E-state index in [2.05, 4.69) is 10.3 Å². The smallest absolute Gasteiger partial charge is 0.358 e. The molecular formula is C20H29N3O4S. The molecule has 1 heterocycles.